The molecule has 1 heterocycles. The van der Waals surface area contributed by atoms with Gasteiger partial charge in [0, 0.05) is 16.8 Å². The van der Waals surface area contributed by atoms with E-state index in [1.807, 2.05) is 22.6 Å². The van der Waals surface area contributed by atoms with Gasteiger partial charge in [-0.15, -0.1) is 0 Å². The fourth-order valence-corrected chi connectivity index (χ4v) is 2.16. The maximum Gasteiger partial charge on any atom is 0.337 e. The predicted molar refractivity (Wildman–Crippen MR) is 87.8 cm³/mol. The third-order valence-electron chi connectivity index (χ3n) is 2.79. The third-order valence-corrected chi connectivity index (χ3v) is 3.46. The van der Waals surface area contributed by atoms with E-state index >= 15 is 0 Å². The molecular weight excluding hydrogens is 385 g/mol. The Bertz CT molecular complexity index is 676. The maximum atomic E-state index is 12.2. The van der Waals surface area contributed by atoms with Crippen molar-refractivity contribution in [1.82, 2.24) is 4.98 Å². The molecule has 0 spiro atoms. The lowest BCUT2D eigenvalue weighted by Crippen LogP contribution is -2.31. The molecule has 108 valence electrons. The highest BCUT2D eigenvalue weighted by atomic mass is 127. The van der Waals surface area contributed by atoms with Crippen LogP contribution in [0.25, 0.3) is 0 Å². The lowest BCUT2D eigenvalue weighted by molar-refractivity contribution is 0.0698. The van der Waals surface area contributed by atoms with E-state index in [-0.39, 0.29) is 11.3 Å². The number of carbonyl (C=O) groups is 2. The Hall–Kier alpha value is -2.16. The third kappa shape index (κ3) is 3.69. The van der Waals surface area contributed by atoms with E-state index in [4.69, 9.17) is 0 Å². The van der Waals surface area contributed by atoms with Crippen molar-refractivity contribution in [2.75, 3.05) is 17.3 Å². The second-order valence-corrected chi connectivity index (χ2v) is 5.44. The molecule has 0 unspecified atom stereocenters. The number of anilines is 2. The van der Waals surface area contributed by atoms with Crippen molar-refractivity contribution >= 4 is 46.0 Å². The summed E-state index contributed by atoms with van der Waals surface area (Å²) >= 11 is 2.02. The standard InChI is InChI=1S/C14H12IN3O3/c1-18(10-3-2-6-16-8-10)14(21)17-12-5-4-9(15)7-11(12)13(19)20/h2-8H,1H3,(H,17,21)(H,19,20). The van der Waals surface area contributed by atoms with E-state index in [2.05, 4.69) is 10.3 Å². The Morgan fingerprint density at radius 1 is 1.33 bits per heavy atom. The number of rotatable bonds is 3. The van der Waals surface area contributed by atoms with Crippen LogP contribution < -0.4 is 10.2 Å². The van der Waals surface area contributed by atoms with Crippen LogP contribution in [0.5, 0.6) is 0 Å². The van der Waals surface area contributed by atoms with Crippen molar-refractivity contribution in [3.8, 4) is 0 Å². The molecule has 0 saturated heterocycles. The summed E-state index contributed by atoms with van der Waals surface area (Å²) in [5.74, 6) is -1.09. The molecule has 0 fully saturated rings. The molecule has 0 aliphatic heterocycles. The minimum absolute atomic E-state index is 0.0508. The summed E-state index contributed by atoms with van der Waals surface area (Å²) in [7, 11) is 1.58. The molecule has 2 N–H and O–H groups in total. The molecule has 0 radical (unpaired) electrons. The van der Waals surface area contributed by atoms with Crippen LogP contribution in [0.2, 0.25) is 0 Å². The Kier molecular flexibility index (Phi) is 4.73. The van der Waals surface area contributed by atoms with Gasteiger partial charge in [-0.1, -0.05) is 0 Å². The van der Waals surface area contributed by atoms with Crippen molar-refractivity contribution in [2.45, 2.75) is 0 Å². The van der Waals surface area contributed by atoms with Crippen molar-refractivity contribution in [2.24, 2.45) is 0 Å². The molecule has 0 saturated carbocycles. The van der Waals surface area contributed by atoms with E-state index in [1.54, 1.807) is 43.7 Å². The molecule has 1 aromatic carbocycles. The van der Waals surface area contributed by atoms with Crippen LogP contribution >= 0.6 is 22.6 Å². The number of nitrogens with zero attached hydrogens (tertiary/aromatic N) is 2. The van der Waals surface area contributed by atoms with Gasteiger partial charge in [-0.05, 0) is 52.9 Å². The lowest BCUT2D eigenvalue weighted by atomic mass is 10.2. The number of hydrogen-bond acceptors (Lipinski definition) is 3. The average Bonchev–Trinajstić information content (AvgIpc) is 2.49. The molecule has 2 aromatic rings. The fraction of sp³-hybridized carbons (Fsp3) is 0.0714. The Morgan fingerprint density at radius 2 is 2.10 bits per heavy atom. The zero-order valence-electron chi connectivity index (χ0n) is 11.1. The van der Waals surface area contributed by atoms with Gasteiger partial charge < -0.3 is 10.4 Å². The molecule has 0 bridgehead atoms. The van der Waals surface area contributed by atoms with Crippen LogP contribution in [-0.2, 0) is 0 Å². The number of pyridine rings is 1. The number of aromatic carboxylic acids is 1. The number of aromatic nitrogens is 1. The molecule has 7 heteroatoms. The minimum atomic E-state index is -1.09. The molecule has 0 aliphatic rings. The number of carboxylic acids is 1. The van der Waals surface area contributed by atoms with Crippen LogP contribution in [0, 0.1) is 3.57 Å². The zero-order valence-corrected chi connectivity index (χ0v) is 13.2. The van der Waals surface area contributed by atoms with Gasteiger partial charge in [0.1, 0.15) is 0 Å². The monoisotopic (exact) mass is 397 g/mol. The fourth-order valence-electron chi connectivity index (χ4n) is 1.67. The highest BCUT2D eigenvalue weighted by Gasteiger charge is 2.16. The number of nitrogens with one attached hydrogen (secondary N) is 1. The number of amides is 2. The Labute approximate surface area is 134 Å². The molecule has 2 amide bonds. The van der Waals surface area contributed by atoms with E-state index in [1.165, 1.54) is 11.0 Å². The second kappa shape index (κ2) is 6.53. The first-order valence-electron chi connectivity index (χ1n) is 5.96. The predicted octanol–water partition coefficient (Wildman–Crippen LogP) is 3.05. The first-order chi connectivity index (χ1) is 9.99. The van der Waals surface area contributed by atoms with Crippen molar-refractivity contribution < 1.29 is 14.7 Å². The van der Waals surface area contributed by atoms with Crippen LogP contribution in [0.1, 0.15) is 10.4 Å². The number of benzene rings is 1. The van der Waals surface area contributed by atoms with Gasteiger partial charge >= 0.3 is 12.0 Å². The molecule has 6 nitrogen and oxygen atoms in total. The van der Waals surface area contributed by atoms with E-state index < -0.39 is 12.0 Å². The highest BCUT2D eigenvalue weighted by molar-refractivity contribution is 14.1. The first-order valence-corrected chi connectivity index (χ1v) is 7.04. The first kappa shape index (κ1) is 15.2. The summed E-state index contributed by atoms with van der Waals surface area (Å²) in [6.07, 6.45) is 3.16. The lowest BCUT2D eigenvalue weighted by Gasteiger charge is -2.18. The van der Waals surface area contributed by atoms with Crippen LogP contribution in [0.15, 0.2) is 42.7 Å². The van der Waals surface area contributed by atoms with Crippen LogP contribution in [0.4, 0.5) is 16.2 Å². The highest BCUT2D eigenvalue weighted by Crippen LogP contribution is 2.20. The zero-order chi connectivity index (χ0) is 15.4. The second-order valence-electron chi connectivity index (χ2n) is 4.20. The maximum absolute atomic E-state index is 12.2. The summed E-state index contributed by atoms with van der Waals surface area (Å²) in [5.41, 5.74) is 0.913. The largest absolute Gasteiger partial charge is 0.478 e. The molecule has 1 aromatic heterocycles. The molecule has 21 heavy (non-hydrogen) atoms. The molecule has 0 aliphatic carbocycles. The summed E-state index contributed by atoms with van der Waals surface area (Å²) in [4.78, 5) is 28.7. The summed E-state index contributed by atoms with van der Waals surface area (Å²) in [6.45, 7) is 0. The van der Waals surface area contributed by atoms with Crippen molar-refractivity contribution in [1.29, 1.82) is 0 Å². The molecule has 0 atom stereocenters. The molecule has 2 rings (SSSR count). The number of hydrogen-bond donors (Lipinski definition) is 2. The quantitative estimate of drug-likeness (QED) is 0.781. The van der Waals surface area contributed by atoms with Gasteiger partial charge in [0.05, 0.1) is 23.1 Å². The number of carboxylic acid groups (broad SMARTS) is 1. The van der Waals surface area contributed by atoms with Crippen molar-refractivity contribution in [3.63, 3.8) is 0 Å². The SMILES string of the molecule is CN(C(=O)Nc1ccc(I)cc1C(=O)O)c1cccnc1. The summed E-state index contributed by atoms with van der Waals surface area (Å²) < 4.78 is 0.781. The molecular formula is C14H12IN3O3. The number of halogens is 1. The summed E-state index contributed by atoms with van der Waals surface area (Å²) in [6, 6.07) is 7.81. The Balaban J connectivity index is 2.22. The van der Waals surface area contributed by atoms with Gasteiger partial charge in [-0.25, -0.2) is 9.59 Å². The van der Waals surface area contributed by atoms with Gasteiger partial charge in [0.2, 0.25) is 0 Å². The van der Waals surface area contributed by atoms with Crippen LogP contribution in [0.3, 0.4) is 0 Å². The average molecular weight is 397 g/mol. The minimum Gasteiger partial charge on any atom is -0.478 e. The van der Waals surface area contributed by atoms with Gasteiger partial charge in [-0.3, -0.25) is 9.88 Å². The van der Waals surface area contributed by atoms with Gasteiger partial charge in [0.25, 0.3) is 0 Å². The van der Waals surface area contributed by atoms with Crippen LogP contribution in [-0.4, -0.2) is 29.1 Å². The number of carbonyl (C=O) groups excluding carboxylic acids is 1. The smallest absolute Gasteiger partial charge is 0.337 e. The topological polar surface area (TPSA) is 82.5 Å². The van der Waals surface area contributed by atoms with E-state index in [9.17, 15) is 14.7 Å². The normalized spacial score (nSPS) is 10.0. The van der Waals surface area contributed by atoms with Gasteiger partial charge in [0.15, 0.2) is 0 Å². The Morgan fingerprint density at radius 3 is 2.71 bits per heavy atom. The number of urea groups is 1. The summed E-state index contributed by atoms with van der Waals surface area (Å²) in [5, 5.41) is 11.8. The van der Waals surface area contributed by atoms with E-state index in [0.717, 1.165) is 3.57 Å². The van der Waals surface area contributed by atoms with Gasteiger partial charge in [-0.2, -0.15) is 0 Å². The van der Waals surface area contributed by atoms with E-state index in [0.29, 0.717) is 5.69 Å². The van der Waals surface area contributed by atoms with Crippen molar-refractivity contribution in [3.05, 3.63) is 51.9 Å².